The van der Waals surface area contributed by atoms with Gasteiger partial charge in [0.15, 0.2) is 0 Å². The minimum atomic E-state index is 1.07. The third kappa shape index (κ3) is 6.79. The fourth-order valence-corrected chi connectivity index (χ4v) is 9.39. The zero-order chi connectivity index (χ0) is 43.3. The third-order valence-corrected chi connectivity index (χ3v) is 11.7. The molecule has 0 fully saturated rings. The summed E-state index contributed by atoms with van der Waals surface area (Å²) in [6.45, 7) is 16.0. The largest absolute Gasteiger partial charge is 0.292 e. The quantitative estimate of drug-likeness (QED) is 0.143. The normalized spacial score (nSPS) is 12.5. The standard InChI is InChI=1S/C27H18N2.C23H16N2.4C2H6/c1-4-13-21-17(9-1)18-10-2-5-14-22(18)26-25(21)28-27-23-15-6-3-11-19(23)20-12-7-8-16-24(20)29(26)27;1-2-8-16-14-22-20(13-15(16)7-1)24-23-19-11-4-3-9-17(19)18-10-5-6-12-21(18)25(22)23;4*1-2/h1-2,4-5,7-16H,3,6H2;1-2,5-14H,3-4H2;4*1-2H3. The third-order valence-electron chi connectivity index (χ3n) is 11.7. The van der Waals surface area contributed by atoms with E-state index in [2.05, 4.69) is 167 Å². The molecule has 0 radical (unpaired) electrons. The van der Waals surface area contributed by atoms with Crippen LogP contribution in [-0.4, -0.2) is 18.8 Å². The molecule has 0 bridgehead atoms. The molecule has 4 aromatic heterocycles. The zero-order valence-electron chi connectivity index (χ0n) is 37.6. The number of imidazole rings is 2. The zero-order valence-corrected chi connectivity index (χ0v) is 37.6. The summed E-state index contributed by atoms with van der Waals surface area (Å²) in [5, 5.41) is 15.4. The molecule has 0 unspecified atom stereocenters. The van der Waals surface area contributed by atoms with E-state index in [-0.39, 0.29) is 0 Å². The maximum atomic E-state index is 5.27. The highest BCUT2D eigenvalue weighted by Crippen LogP contribution is 2.36. The van der Waals surface area contributed by atoms with Gasteiger partial charge >= 0.3 is 0 Å². The Hall–Kier alpha value is -6.78. The van der Waals surface area contributed by atoms with Gasteiger partial charge in [-0.25, -0.2) is 9.97 Å². The molecule has 4 heterocycles. The SMILES string of the molecule is C1=c2c(c3nc4c5ccccc5c5ccccc5c4n3c3ccccc23)=CCC1.C1=c2c(c3nc4cc5ccccc5cc4n3c3ccccc23)=CCC1.CC.CC.CC.CC. The Morgan fingerprint density at radius 1 is 0.355 bits per heavy atom. The van der Waals surface area contributed by atoms with Crippen molar-refractivity contribution in [2.45, 2.75) is 81.1 Å². The predicted octanol–water partition coefficient (Wildman–Crippen LogP) is 13.6. The highest BCUT2D eigenvalue weighted by atomic mass is 15.0. The molecular weight excluding hydrogens is 753 g/mol. The van der Waals surface area contributed by atoms with E-state index < -0.39 is 0 Å². The number of rotatable bonds is 0. The molecule has 0 atom stereocenters. The second-order valence-electron chi connectivity index (χ2n) is 14.7. The van der Waals surface area contributed by atoms with Gasteiger partial charge in [-0.05, 0) is 81.9 Å². The van der Waals surface area contributed by atoms with E-state index >= 15 is 0 Å². The van der Waals surface area contributed by atoms with Crippen LogP contribution in [0, 0.1) is 0 Å². The first-order chi connectivity index (χ1) is 30.8. The summed E-state index contributed by atoms with van der Waals surface area (Å²) in [6.07, 6.45) is 13.8. The van der Waals surface area contributed by atoms with Crippen molar-refractivity contribution in [2.75, 3.05) is 0 Å². The van der Waals surface area contributed by atoms with Crippen LogP contribution in [0.25, 0.3) is 112 Å². The van der Waals surface area contributed by atoms with Crippen LogP contribution in [0.5, 0.6) is 0 Å². The van der Waals surface area contributed by atoms with Gasteiger partial charge in [-0.15, -0.1) is 0 Å². The fourth-order valence-electron chi connectivity index (χ4n) is 9.39. The lowest BCUT2D eigenvalue weighted by Gasteiger charge is -2.10. The van der Waals surface area contributed by atoms with E-state index in [0.29, 0.717) is 0 Å². The van der Waals surface area contributed by atoms with Crippen molar-refractivity contribution in [3.8, 4) is 0 Å². The number of aromatic nitrogens is 4. The van der Waals surface area contributed by atoms with Crippen molar-refractivity contribution in [3.05, 3.63) is 154 Å². The highest BCUT2D eigenvalue weighted by molar-refractivity contribution is 6.24. The molecule has 4 heteroatoms. The first-order valence-electron chi connectivity index (χ1n) is 23.1. The number of para-hydroxylation sites is 2. The molecule has 0 N–H and O–H groups in total. The van der Waals surface area contributed by atoms with E-state index in [4.69, 9.17) is 9.97 Å². The summed E-state index contributed by atoms with van der Waals surface area (Å²) < 4.78 is 4.74. The Morgan fingerprint density at radius 3 is 1.32 bits per heavy atom. The minimum absolute atomic E-state index is 1.07. The number of benzene rings is 7. The van der Waals surface area contributed by atoms with E-state index in [0.717, 1.165) is 48.0 Å². The lowest BCUT2D eigenvalue weighted by molar-refractivity contribution is 1.11. The van der Waals surface area contributed by atoms with Crippen LogP contribution in [0.3, 0.4) is 0 Å². The van der Waals surface area contributed by atoms with Gasteiger partial charge in [-0.2, -0.15) is 0 Å². The van der Waals surface area contributed by atoms with Crippen molar-refractivity contribution in [1.82, 2.24) is 18.8 Å². The van der Waals surface area contributed by atoms with Crippen molar-refractivity contribution >= 4 is 112 Å². The van der Waals surface area contributed by atoms with E-state index in [1.165, 1.54) is 86.0 Å². The van der Waals surface area contributed by atoms with E-state index in [1.54, 1.807) is 0 Å². The molecule has 2 aliphatic rings. The Bertz CT molecular complexity index is 3680. The van der Waals surface area contributed by atoms with E-state index in [9.17, 15) is 0 Å². The van der Waals surface area contributed by atoms with Gasteiger partial charge in [0.05, 0.1) is 33.1 Å². The Balaban J connectivity index is 0.000000149. The topological polar surface area (TPSA) is 34.6 Å². The summed E-state index contributed by atoms with van der Waals surface area (Å²) >= 11 is 0. The van der Waals surface area contributed by atoms with Crippen LogP contribution in [-0.2, 0) is 0 Å². The monoisotopic (exact) mass is 810 g/mol. The summed E-state index contributed by atoms with van der Waals surface area (Å²) in [5.74, 6) is 0. The van der Waals surface area contributed by atoms with Gasteiger partial charge in [0, 0.05) is 32.0 Å². The molecular formula is C58H58N4. The Labute approximate surface area is 364 Å². The lowest BCUT2D eigenvalue weighted by atomic mass is 10.00. The van der Waals surface area contributed by atoms with Gasteiger partial charge in [-0.1, -0.05) is 189 Å². The smallest absolute Gasteiger partial charge is 0.146 e. The van der Waals surface area contributed by atoms with Crippen LogP contribution in [0.15, 0.2) is 133 Å². The summed E-state index contributed by atoms with van der Waals surface area (Å²) in [6, 6.07) is 47.9. The van der Waals surface area contributed by atoms with Gasteiger partial charge in [-0.3, -0.25) is 8.80 Å². The lowest BCUT2D eigenvalue weighted by Crippen LogP contribution is -2.30. The molecule has 11 aromatic rings. The highest BCUT2D eigenvalue weighted by Gasteiger charge is 2.18. The summed E-state index contributed by atoms with van der Waals surface area (Å²) in [7, 11) is 0. The molecule has 62 heavy (non-hydrogen) atoms. The maximum Gasteiger partial charge on any atom is 0.146 e. The molecule has 0 spiro atoms. The van der Waals surface area contributed by atoms with Gasteiger partial charge in [0.25, 0.3) is 0 Å². The number of pyridine rings is 2. The molecule has 2 aliphatic carbocycles. The number of fused-ring (bicyclic) bond motifs is 22. The van der Waals surface area contributed by atoms with Gasteiger partial charge in [0.1, 0.15) is 11.3 Å². The van der Waals surface area contributed by atoms with Gasteiger partial charge < -0.3 is 0 Å². The molecule has 7 aromatic carbocycles. The number of hydrogen-bond acceptors (Lipinski definition) is 2. The van der Waals surface area contributed by atoms with Crippen LogP contribution < -0.4 is 20.9 Å². The molecule has 0 saturated carbocycles. The average molecular weight is 811 g/mol. The molecule has 0 saturated heterocycles. The molecule has 310 valence electrons. The molecule has 0 amide bonds. The summed E-state index contributed by atoms with van der Waals surface area (Å²) in [4.78, 5) is 10.3. The number of nitrogens with zero attached hydrogens (tertiary/aromatic N) is 4. The van der Waals surface area contributed by atoms with Crippen molar-refractivity contribution in [2.24, 2.45) is 0 Å². The van der Waals surface area contributed by atoms with Crippen molar-refractivity contribution in [3.63, 3.8) is 0 Å². The second kappa shape index (κ2) is 18.5. The minimum Gasteiger partial charge on any atom is -0.292 e. The van der Waals surface area contributed by atoms with E-state index in [1.807, 2.05) is 55.4 Å². The first kappa shape index (κ1) is 41.9. The first-order valence-corrected chi connectivity index (χ1v) is 23.1. The van der Waals surface area contributed by atoms with Crippen LogP contribution >= 0.6 is 0 Å². The Morgan fingerprint density at radius 2 is 0.758 bits per heavy atom. The molecule has 4 nitrogen and oxygen atoms in total. The van der Waals surface area contributed by atoms with Crippen LogP contribution in [0.1, 0.15) is 81.1 Å². The Kier molecular flexibility index (Phi) is 12.5. The van der Waals surface area contributed by atoms with Gasteiger partial charge in [0.2, 0.25) is 0 Å². The van der Waals surface area contributed by atoms with Crippen LogP contribution in [0.4, 0.5) is 0 Å². The predicted molar refractivity (Wildman–Crippen MR) is 273 cm³/mol. The molecule has 0 aliphatic heterocycles. The average Bonchev–Trinajstić information content (AvgIpc) is 3.97. The summed E-state index contributed by atoms with van der Waals surface area (Å²) in [5.41, 5.74) is 9.18. The van der Waals surface area contributed by atoms with Crippen molar-refractivity contribution < 1.29 is 0 Å². The van der Waals surface area contributed by atoms with Crippen molar-refractivity contribution in [1.29, 1.82) is 0 Å². The maximum absolute atomic E-state index is 5.27. The fraction of sp³-hybridized carbons (Fsp3) is 0.207. The second-order valence-corrected chi connectivity index (χ2v) is 14.7. The van der Waals surface area contributed by atoms with Crippen LogP contribution in [0.2, 0.25) is 0 Å². The number of hydrogen-bond donors (Lipinski definition) is 0. The molecule has 13 rings (SSSR count).